The number of aromatic nitrogens is 3. The van der Waals surface area contributed by atoms with Crippen molar-refractivity contribution in [2.24, 2.45) is 0 Å². The summed E-state index contributed by atoms with van der Waals surface area (Å²) < 4.78 is 0. The Labute approximate surface area is 173 Å². The molecule has 0 aromatic carbocycles. The molecule has 0 fully saturated rings. The molecular formula is C24H29N5. The van der Waals surface area contributed by atoms with Gasteiger partial charge in [-0.15, -0.1) is 0 Å². The highest BCUT2D eigenvalue weighted by Crippen LogP contribution is 2.10. The highest BCUT2D eigenvalue weighted by atomic mass is 15.2. The van der Waals surface area contributed by atoms with Crippen LogP contribution in [0.15, 0.2) is 67.4 Å². The molecule has 0 radical (unpaired) electrons. The third-order valence-corrected chi connectivity index (χ3v) is 4.59. The van der Waals surface area contributed by atoms with Crippen molar-refractivity contribution < 1.29 is 0 Å². The van der Waals surface area contributed by atoms with E-state index >= 15 is 0 Å². The smallest absolute Gasteiger partial charge is 0.0601 e. The predicted octanol–water partition coefficient (Wildman–Crippen LogP) is 4.40. The second kappa shape index (κ2) is 9.82. The fraction of sp³-hybridized carbons (Fsp3) is 0.292. The van der Waals surface area contributed by atoms with Crippen LogP contribution in [0.2, 0.25) is 0 Å². The van der Waals surface area contributed by atoms with Gasteiger partial charge in [0.25, 0.3) is 0 Å². The van der Waals surface area contributed by atoms with Crippen LogP contribution in [0.4, 0.5) is 0 Å². The van der Waals surface area contributed by atoms with E-state index in [4.69, 9.17) is 0 Å². The molecule has 0 bridgehead atoms. The lowest BCUT2D eigenvalue weighted by Gasteiger charge is -2.22. The summed E-state index contributed by atoms with van der Waals surface area (Å²) >= 11 is 0. The molecule has 0 saturated heterocycles. The van der Waals surface area contributed by atoms with Crippen molar-refractivity contribution in [1.29, 1.82) is 0 Å². The van der Waals surface area contributed by atoms with Gasteiger partial charge in [0.05, 0.1) is 36.7 Å². The van der Waals surface area contributed by atoms with Crippen LogP contribution in [0.25, 0.3) is 0 Å². The molecule has 3 rings (SSSR count). The fourth-order valence-electron chi connectivity index (χ4n) is 2.87. The summed E-state index contributed by atoms with van der Waals surface area (Å²) in [5.74, 6) is 0. The van der Waals surface area contributed by atoms with Crippen LogP contribution < -0.4 is 0 Å². The quantitative estimate of drug-likeness (QED) is 0.573. The molecule has 0 aliphatic heterocycles. The number of pyridine rings is 3. The molecule has 150 valence electrons. The van der Waals surface area contributed by atoms with Crippen molar-refractivity contribution in [3.63, 3.8) is 0 Å². The van der Waals surface area contributed by atoms with E-state index in [9.17, 15) is 0 Å². The normalized spacial score (nSPS) is 11.0. The van der Waals surface area contributed by atoms with Crippen LogP contribution in [0.5, 0.6) is 0 Å². The molecular weight excluding hydrogens is 358 g/mol. The lowest BCUT2D eigenvalue weighted by atomic mass is 10.2. The molecule has 29 heavy (non-hydrogen) atoms. The number of aryl methyl sites for hydroxylation is 3. The Hall–Kier alpha value is -3.21. The molecule has 0 amide bonds. The van der Waals surface area contributed by atoms with Crippen molar-refractivity contribution in [3.05, 3.63) is 101 Å². The Bertz CT molecular complexity index is 867. The molecule has 5 heteroatoms. The van der Waals surface area contributed by atoms with Crippen LogP contribution in [0.1, 0.15) is 33.8 Å². The molecule has 3 heterocycles. The van der Waals surface area contributed by atoms with Gasteiger partial charge in [0.2, 0.25) is 0 Å². The van der Waals surface area contributed by atoms with Gasteiger partial charge in [-0.2, -0.15) is 0 Å². The minimum atomic E-state index is 0.725. The monoisotopic (exact) mass is 387 g/mol. The van der Waals surface area contributed by atoms with Gasteiger partial charge in [-0.1, -0.05) is 18.2 Å². The van der Waals surface area contributed by atoms with Gasteiger partial charge in [-0.05, 0) is 55.7 Å². The third kappa shape index (κ3) is 6.71. The van der Waals surface area contributed by atoms with Crippen molar-refractivity contribution in [2.45, 2.75) is 40.4 Å². The maximum Gasteiger partial charge on any atom is 0.0601 e. The second-order valence-electron chi connectivity index (χ2n) is 7.60. The zero-order valence-electron chi connectivity index (χ0n) is 17.7. The van der Waals surface area contributed by atoms with E-state index in [0.29, 0.717) is 0 Å². The molecule has 0 saturated carbocycles. The third-order valence-electron chi connectivity index (χ3n) is 4.59. The average Bonchev–Trinajstić information content (AvgIpc) is 2.71. The van der Waals surface area contributed by atoms with Crippen molar-refractivity contribution >= 4 is 0 Å². The Balaban J connectivity index is 1.70. The van der Waals surface area contributed by atoms with E-state index in [1.807, 2.05) is 18.6 Å². The van der Waals surface area contributed by atoms with Crippen molar-refractivity contribution in [3.8, 4) is 0 Å². The second-order valence-corrected chi connectivity index (χ2v) is 7.60. The lowest BCUT2D eigenvalue weighted by Crippen LogP contribution is -2.20. The topological polar surface area (TPSA) is 45.2 Å². The fourth-order valence-corrected chi connectivity index (χ4v) is 2.87. The lowest BCUT2D eigenvalue weighted by molar-refractivity contribution is 0.338. The van der Waals surface area contributed by atoms with Crippen LogP contribution in [0.3, 0.4) is 0 Å². The average molecular weight is 388 g/mol. The summed E-state index contributed by atoms with van der Waals surface area (Å²) in [6.45, 7) is 8.37. The molecule has 0 aliphatic carbocycles. The molecule has 0 N–H and O–H groups in total. The van der Waals surface area contributed by atoms with E-state index in [2.05, 4.69) is 101 Å². The van der Waals surface area contributed by atoms with E-state index < -0.39 is 0 Å². The zero-order chi connectivity index (χ0) is 20.6. The minimum absolute atomic E-state index is 0.725. The van der Waals surface area contributed by atoms with E-state index in [1.165, 1.54) is 16.7 Å². The summed E-state index contributed by atoms with van der Waals surface area (Å²) in [6.07, 6.45) is 9.93. The highest BCUT2D eigenvalue weighted by Gasteiger charge is 2.06. The summed E-state index contributed by atoms with van der Waals surface area (Å²) in [6, 6.07) is 12.5. The summed E-state index contributed by atoms with van der Waals surface area (Å²) in [5.41, 5.74) is 6.64. The van der Waals surface area contributed by atoms with Crippen LogP contribution in [-0.4, -0.2) is 31.8 Å². The Kier molecular flexibility index (Phi) is 6.95. The molecule has 3 aromatic rings. The molecule has 0 atom stereocenters. The first-order chi connectivity index (χ1) is 14.0. The number of hydrogen-bond acceptors (Lipinski definition) is 5. The molecule has 0 spiro atoms. The van der Waals surface area contributed by atoms with Gasteiger partial charge < -0.3 is 9.80 Å². The first-order valence-corrected chi connectivity index (χ1v) is 9.85. The number of hydrogen-bond donors (Lipinski definition) is 0. The molecule has 5 nitrogen and oxygen atoms in total. The maximum absolute atomic E-state index is 4.56. The van der Waals surface area contributed by atoms with Crippen molar-refractivity contribution in [1.82, 2.24) is 24.8 Å². The SMILES string of the molecule is Cc1ccc(CN(C)/C=C/N(Cc2ccc(C)cn2)Cc2ccc(C)cn2)nc1. The van der Waals surface area contributed by atoms with Crippen LogP contribution >= 0.6 is 0 Å². The maximum atomic E-state index is 4.56. The first kappa shape index (κ1) is 20.5. The molecule has 0 unspecified atom stereocenters. The molecule has 0 aliphatic rings. The Morgan fingerprint density at radius 1 is 0.621 bits per heavy atom. The minimum Gasteiger partial charge on any atom is -0.373 e. The van der Waals surface area contributed by atoms with Gasteiger partial charge in [0.1, 0.15) is 0 Å². The first-order valence-electron chi connectivity index (χ1n) is 9.85. The largest absolute Gasteiger partial charge is 0.373 e. The van der Waals surface area contributed by atoms with E-state index in [1.54, 1.807) is 0 Å². The number of rotatable bonds is 8. The van der Waals surface area contributed by atoms with Gasteiger partial charge >= 0.3 is 0 Å². The van der Waals surface area contributed by atoms with Gasteiger partial charge in [0, 0.05) is 38.0 Å². The summed E-state index contributed by atoms with van der Waals surface area (Å²) in [7, 11) is 2.06. The van der Waals surface area contributed by atoms with Gasteiger partial charge in [-0.3, -0.25) is 15.0 Å². The summed E-state index contributed by atoms with van der Waals surface area (Å²) in [5, 5.41) is 0. The zero-order valence-corrected chi connectivity index (χ0v) is 17.7. The number of nitrogens with zero attached hydrogens (tertiary/aromatic N) is 5. The van der Waals surface area contributed by atoms with E-state index in [0.717, 1.165) is 36.7 Å². The Morgan fingerprint density at radius 2 is 1.03 bits per heavy atom. The van der Waals surface area contributed by atoms with Crippen LogP contribution in [0, 0.1) is 20.8 Å². The molecule has 3 aromatic heterocycles. The highest BCUT2D eigenvalue weighted by molar-refractivity contribution is 5.15. The van der Waals surface area contributed by atoms with E-state index in [-0.39, 0.29) is 0 Å². The van der Waals surface area contributed by atoms with Gasteiger partial charge in [-0.25, -0.2) is 0 Å². The standard InChI is InChI=1S/C24H29N5/c1-19-5-8-22(25-13-19)16-28(4)11-12-29(17-23-9-6-20(2)14-26-23)18-24-10-7-21(3)15-27-24/h5-15H,16-18H2,1-4H3/b12-11+. The van der Waals surface area contributed by atoms with Crippen LogP contribution in [-0.2, 0) is 19.6 Å². The predicted molar refractivity (Wildman–Crippen MR) is 117 cm³/mol. The summed E-state index contributed by atoms with van der Waals surface area (Å²) in [4.78, 5) is 18.0. The van der Waals surface area contributed by atoms with Crippen molar-refractivity contribution in [2.75, 3.05) is 7.05 Å². The Morgan fingerprint density at radius 3 is 1.41 bits per heavy atom. The van der Waals surface area contributed by atoms with Gasteiger partial charge in [0.15, 0.2) is 0 Å².